The minimum Gasteiger partial charge on any atom is -0.355 e. The Bertz CT molecular complexity index is 868. The maximum absolute atomic E-state index is 13.4. The van der Waals surface area contributed by atoms with Crippen molar-refractivity contribution in [1.29, 1.82) is 0 Å². The average molecular weight is 373 g/mol. The van der Waals surface area contributed by atoms with Gasteiger partial charge in [-0.2, -0.15) is 0 Å². The Labute approximate surface area is 157 Å². The smallest absolute Gasteiger partial charge is 0.263 e. The van der Waals surface area contributed by atoms with E-state index in [1.165, 1.54) is 48.9 Å². The summed E-state index contributed by atoms with van der Waals surface area (Å²) >= 11 is 0. The van der Waals surface area contributed by atoms with E-state index in [9.17, 15) is 18.8 Å². The van der Waals surface area contributed by atoms with Crippen molar-refractivity contribution < 1.29 is 14.0 Å². The molecule has 1 saturated carbocycles. The van der Waals surface area contributed by atoms with Gasteiger partial charge in [0.2, 0.25) is 0 Å². The van der Waals surface area contributed by atoms with Crippen LogP contribution in [-0.4, -0.2) is 36.9 Å². The maximum Gasteiger partial charge on any atom is 0.263 e. The fraction of sp³-hybridized carbons (Fsp3) is 0.350. The molecule has 0 atom stereocenters. The normalized spacial score (nSPS) is 12.7. The number of aldehydes is 1. The van der Waals surface area contributed by atoms with Crippen molar-refractivity contribution >= 4 is 12.2 Å². The Morgan fingerprint density at radius 2 is 1.96 bits per heavy atom. The number of carbonyl (C=O) groups is 2. The van der Waals surface area contributed by atoms with Gasteiger partial charge in [-0.1, -0.05) is 6.07 Å². The first-order valence-corrected chi connectivity index (χ1v) is 8.73. The number of pyridine rings is 1. The van der Waals surface area contributed by atoms with Gasteiger partial charge in [0, 0.05) is 24.8 Å². The van der Waals surface area contributed by atoms with E-state index in [2.05, 4.69) is 10.6 Å². The van der Waals surface area contributed by atoms with Gasteiger partial charge in [0.15, 0.2) is 6.29 Å². The second kappa shape index (κ2) is 9.23. The molecule has 27 heavy (non-hydrogen) atoms. The molecule has 1 aromatic carbocycles. The van der Waals surface area contributed by atoms with E-state index in [0.29, 0.717) is 11.8 Å². The van der Waals surface area contributed by atoms with Crippen LogP contribution in [0.15, 0.2) is 35.3 Å². The van der Waals surface area contributed by atoms with Gasteiger partial charge in [-0.3, -0.25) is 14.4 Å². The van der Waals surface area contributed by atoms with E-state index in [4.69, 9.17) is 0 Å². The fourth-order valence-electron chi connectivity index (χ4n) is 2.61. The molecule has 144 valence electrons. The van der Waals surface area contributed by atoms with Crippen LogP contribution in [0.5, 0.6) is 0 Å². The highest BCUT2D eigenvalue weighted by atomic mass is 19.1. The second-order valence-electron chi connectivity index (χ2n) is 6.52. The Balaban J connectivity index is 0.000000451. The highest BCUT2D eigenvalue weighted by molar-refractivity contribution is 5.95. The molecule has 1 amide bonds. The van der Waals surface area contributed by atoms with Gasteiger partial charge in [-0.05, 0) is 56.1 Å². The largest absolute Gasteiger partial charge is 0.355 e. The number of aryl methyl sites for hydroxylation is 1. The molecular formula is C20H24FN3O3. The third kappa shape index (κ3) is 5.86. The van der Waals surface area contributed by atoms with E-state index in [0.717, 1.165) is 11.6 Å². The van der Waals surface area contributed by atoms with Gasteiger partial charge in [0.05, 0.1) is 6.54 Å². The van der Waals surface area contributed by atoms with Crippen LogP contribution >= 0.6 is 0 Å². The quantitative estimate of drug-likeness (QED) is 0.785. The molecule has 7 heteroatoms. The molecule has 0 aliphatic heterocycles. The van der Waals surface area contributed by atoms with Gasteiger partial charge in [-0.25, -0.2) is 4.39 Å². The average Bonchev–Trinajstić information content (AvgIpc) is 3.47. The molecule has 2 N–H and O–H groups in total. The fourth-order valence-corrected chi connectivity index (χ4v) is 2.61. The number of nitrogens with one attached hydrogen (secondary N) is 2. The monoisotopic (exact) mass is 373 g/mol. The van der Waals surface area contributed by atoms with Gasteiger partial charge < -0.3 is 15.2 Å². The molecular weight excluding hydrogens is 349 g/mol. The molecule has 0 unspecified atom stereocenters. The lowest BCUT2D eigenvalue weighted by atomic mass is 10.1. The van der Waals surface area contributed by atoms with Crippen LogP contribution < -0.4 is 16.2 Å². The maximum atomic E-state index is 13.4. The third-order valence-corrected chi connectivity index (χ3v) is 4.16. The summed E-state index contributed by atoms with van der Waals surface area (Å²) < 4.78 is 14.7. The first-order valence-electron chi connectivity index (χ1n) is 8.73. The molecule has 1 aliphatic rings. The lowest BCUT2D eigenvalue weighted by Crippen LogP contribution is -2.32. The SMILES string of the molecule is CNC(=O)c1cc(C=O)cn(Cc2cc(C)cc(F)c2)c1=O.CNC1CC1. The Morgan fingerprint density at radius 1 is 1.26 bits per heavy atom. The molecule has 1 aromatic heterocycles. The number of halogens is 1. The molecule has 0 radical (unpaired) electrons. The van der Waals surface area contributed by atoms with Gasteiger partial charge in [-0.15, -0.1) is 0 Å². The van der Waals surface area contributed by atoms with Crippen LogP contribution in [0.25, 0.3) is 0 Å². The molecule has 0 bridgehead atoms. The molecule has 6 nitrogen and oxygen atoms in total. The lowest BCUT2D eigenvalue weighted by molar-refractivity contribution is 0.0961. The highest BCUT2D eigenvalue weighted by Gasteiger charge is 2.17. The Morgan fingerprint density at radius 3 is 2.44 bits per heavy atom. The summed E-state index contributed by atoms with van der Waals surface area (Å²) in [6.45, 7) is 1.82. The number of nitrogens with zero attached hydrogens (tertiary/aromatic N) is 1. The van der Waals surface area contributed by atoms with E-state index in [1.54, 1.807) is 13.0 Å². The molecule has 2 aromatic rings. The zero-order valence-electron chi connectivity index (χ0n) is 15.7. The number of carbonyl (C=O) groups excluding carboxylic acids is 2. The van der Waals surface area contributed by atoms with Crippen LogP contribution in [0.4, 0.5) is 4.39 Å². The van der Waals surface area contributed by atoms with Gasteiger partial charge in [0.1, 0.15) is 11.4 Å². The molecule has 3 rings (SSSR count). The van der Waals surface area contributed by atoms with Crippen molar-refractivity contribution in [1.82, 2.24) is 15.2 Å². The number of benzene rings is 1. The van der Waals surface area contributed by atoms with E-state index in [1.807, 2.05) is 7.05 Å². The van der Waals surface area contributed by atoms with Gasteiger partial charge in [0.25, 0.3) is 11.5 Å². The van der Waals surface area contributed by atoms with Crippen molar-refractivity contribution in [3.8, 4) is 0 Å². The molecule has 1 heterocycles. The Hall–Kier alpha value is -2.80. The summed E-state index contributed by atoms with van der Waals surface area (Å²) in [4.78, 5) is 35.0. The summed E-state index contributed by atoms with van der Waals surface area (Å²) in [7, 11) is 3.41. The van der Waals surface area contributed by atoms with E-state index in [-0.39, 0.29) is 17.7 Å². The zero-order chi connectivity index (χ0) is 20.0. The summed E-state index contributed by atoms with van der Waals surface area (Å²) in [6.07, 6.45) is 4.70. The standard InChI is InChI=1S/C16H15FN2O3.C4H9N/c1-10-3-11(5-13(17)4-10)7-19-8-12(9-20)6-14(16(19)22)15(21)18-2;1-5-4-2-3-4/h3-6,8-9H,7H2,1-2H3,(H,18,21);4-5H,2-3H2,1H3. The zero-order valence-corrected chi connectivity index (χ0v) is 15.7. The van der Waals surface area contributed by atoms with Crippen molar-refractivity contribution in [2.24, 2.45) is 0 Å². The van der Waals surface area contributed by atoms with E-state index >= 15 is 0 Å². The molecule has 0 saturated heterocycles. The van der Waals surface area contributed by atoms with Crippen LogP contribution in [0.2, 0.25) is 0 Å². The van der Waals surface area contributed by atoms with Crippen LogP contribution in [0.3, 0.4) is 0 Å². The topological polar surface area (TPSA) is 80.2 Å². The first kappa shape index (κ1) is 20.5. The third-order valence-electron chi connectivity index (χ3n) is 4.16. The summed E-state index contributed by atoms with van der Waals surface area (Å²) in [5.41, 5.74) is 0.838. The molecule has 0 spiro atoms. The number of hydrogen-bond donors (Lipinski definition) is 2. The Kier molecular flexibility index (Phi) is 7.01. The predicted octanol–water partition coefficient (Wildman–Crippen LogP) is 1.88. The first-order chi connectivity index (χ1) is 12.9. The van der Waals surface area contributed by atoms with Crippen molar-refractivity contribution in [2.45, 2.75) is 32.4 Å². The van der Waals surface area contributed by atoms with Crippen LogP contribution in [-0.2, 0) is 6.54 Å². The van der Waals surface area contributed by atoms with Gasteiger partial charge >= 0.3 is 0 Å². The number of rotatable bonds is 5. The predicted molar refractivity (Wildman–Crippen MR) is 102 cm³/mol. The molecule has 1 fully saturated rings. The van der Waals surface area contributed by atoms with E-state index < -0.39 is 17.3 Å². The second-order valence-corrected chi connectivity index (χ2v) is 6.52. The van der Waals surface area contributed by atoms with Crippen LogP contribution in [0.1, 0.15) is 44.7 Å². The minimum absolute atomic E-state index is 0.0725. The summed E-state index contributed by atoms with van der Waals surface area (Å²) in [5, 5.41) is 5.49. The number of amides is 1. The molecule has 1 aliphatic carbocycles. The van der Waals surface area contributed by atoms with Crippen LogP contribution in [0, 0.1) is 12.7 Å². The van der Waals surface area contributed by atoms with Crippen molar-refractivity contribution in [3.63, 3.8) is 0 Å². The minimum atomic E-state index is -0.571. The number of hydrogen-bond acceptors (Lipinski definition) is 4. The lowest BCUT2D eigenvalue weighted by Gasteiger charge is -2.10. The summed E-state index contributed by atoms with van der Waals surface area (Å²) in [6, 6.07) is 6.55. The number of aromatic nitrogens is 1. The van der Waals surface area contributed by atoms with Crippen molar-refractivity contribution in [2.75, 3.05) is 14.1 Å². The highest BCUT2D eigenvalue weighted by Crippen LogP contribution is 2.17. The van der Waals surface area contributed by atoms with Crippen molar-refractivity contribution in [3.05, 3.63) is 68.9 Å². The summed E-state index contributed by atoms with van der Waals surface area (Å²) in [5.74, 6) is -0.973.